The molecule has 3 amide bonds. The van der Waals surface area contributed by atoms with E-state index in [9.17, 15) is 9.59 Å². The number of para-hydroxylation sites is 2. The number of carbonyl (C=O) groups is 2. The van der Waals surface area contributed by atoms with E-state index in [1.165, 1.54) is 0 Å². The minimum absolute atomic E-state index is 0.214. The molecule has 0 unspecified atom stereocenters. The third kappa shape index (κ3) is 3.08. The van der Waals surface area contributed by atoms with Gasteiger partial charge in [-0.25, -0.2) is 4.79 Å². The molecule has 0 aliphatic carbocycles. The number of nitrogens with zero attached hydrogens (tertiary/aromatic N) is 1. The molecule has 0 radical (unpaired) electrons. The van der Waals surface area contributed by atoms with Crippen LogP contribution in [0.3, 0.4) is 0 Å². The molecule has 0 saturated carbocycles. The lowest BCUT2D eigenvalue weighted by molar-refractivity contribution is -0.117. The van der Waals surface area contributed by atoms with Gasteiger partial charge in [0.15, 0.2) is 0 Å². The van der Waals surface area contributed by atoms with Crippen molar-refractivity contribution in [3.05, 3.63) is 24.3 Å². The molecule has 1 aromatic carbocycles. The molecule has 7 heteroatoms. The van der Waals surface area contributed by atoms with Crippen LogP contribution in [-0.4, -0.2) is 50.8 Å². The largest absolute Gasteiger partial charge is 0.378 e. The van der Waals surface area contributed by atoms with Gasteiger partial charge in [-0.15, -0.1) is 0 Å². The molecule has 21 heavy (non-hydrogen) atoms. The predicted molar refractivity (Wildman–Crippen MR) is 78.4 cm³/mol. The maximum atomic E-state index is 12.2. The third-order valence-corrected chi connectivity index (χ3v) is 3.60. The molecule has 3 rings (SSSR count). The number of nitrogens with one attached hydrogen (secondary N) is 3. The minimum atomic E-state index is -0.532. The zero-order chi connectivity index (χ0) is 14.7. The Kier molecular flexibility index (Phi) is 3.92. The highest BCUT2D eigenvalue weighted by Crippen LogP contribution is 2.26. The van der Waals surface area contributed by atoms with Gasteiger partial charge in [0, 0.05) is 19.6 Å². The van der Waals surface area contributed by atoms with E-state index in [0.717, 1.165) is 24.5 Å². The molecule has 0 bridgehead atoms. The number of amides is 3. The molecule has 2 fully saturated rings. The Morgan fingerprint density at radius 1 is 1.29 bits per heavy atom. The molecular weight excluding hydrogens is 272 g/mol. The summed E-state index contributed by atoms with van der Waals surface area (Å²) in [4.78, 5) is 25.5. The zero-order valence-corrected chi connectivity index (χ0v) is 11.6. The highest BCUT2D eigenvalue weighted by molar-refractivity contribution is 6.00. The molecule has 2 saturated heterocycles. The van der Waals surface area contributed by atoms with Gasteiger partial charge in [-0.05, 0) is 12.1 Å². The summed E-state index contributed by atoms with van der Waals surface area (Å²) in [5, 5.41) is 8.05. The normalized spacial score (nSPS) is 21.6. The Morgan fingerprint density at radius 3 is 2.76 bits per heavy atom. The predicted octanol–water partition coefficient (Wildman–Crippen LogP) is 0.143. The van der Waals surface area contributed by atoms with Gasteiger partial charge >= 0.3 is 6.03 Å². The standard InChI is InChI=1S/C14H18N4O3/c19-13(11-9-15-14(20)17-11)16-10-3-1-2-4-12(10)18-5-7-21-8-6-18/h1-4,11H,5-9H2,(H,16,19)(H2,15,17,20)/t11-/m0/s1. The lowest BCUT2D eigenvalue weighted by atomic mass is 10.2. The van der Waals surface area contributed by atoms with E-state index in [1.54, 1.807) is 0 Å². The second-order valence-electron chi connectivity index (χ2n) is 5.01. The van der Waals surface area contributed by atoms with Crippen LogP contribution >= 0.6 is 0 Å². The van der Waals surface area contributed by atoms with Crippen molar-refractivity contribution >= 4 is 23.3 Å². The van der Waals surface area contributed by atoms with Crippen molar-refractivity contribution in [1.29, 1.82) is 0 Å². The topological polar surface area (TPSA) is 82.7 Å². The molecule has 1 atom stereocenters. The van der Waals surface area contributed by atoms with E-state index >= 15 is 0 Å². The maximum absolute atomic E-state index is 12.2. The molecule has 0 spiro atoms. The van der Waals surface area contributed by atoms with E-state index in [1.807, 2.05) is 24.3 Å². The van der Waals surface area contributed by atoms with Gasteiger partial charge in [-0.1, -0.05) is 12.1 Å². The lowest BCUT2D eigenvalue weighted by Crippen LogP contribution is -2.40. The summed E-state index contributed by atoms with van der Waals surface area (Å²) in [6.07, 6.45) is 0. The number of anilines is 2. The quantitative estimate of drug-likeness (QED) is 0.739. The summed E-state index contributed by atoms with van der Waals surface area (Å²) in [6.45, 7) is 3.28. The number of rotatable bonds is 3. The fourth-order valence-electron chi connectivity index (χ4n) is 2.49. The summed E-state index contributed by atoms with van der Waals surface area (Å²) in [7, 11) is 0. The first-order valence-corrected chi connectivity index (χ1v) is 7.01. The summed E-state index contributed by atoms with van der Waals surface area (Å²) in [5.41, 5.74) is 1.73. The average molecular weight is 290 g/mol. The number of carbonyl (C=O) groups excluding carboxylic acids is 2. The Labute approximate surface area is 122 Å². The van der Waals surface area contributed by atoms with Crippen LogP contribution in [-0.2, 0) is 9.53 Å². The minimum Gasteiger partial charge on any atom is -0.378 e. The Balaban J connectivity index is 1.72. The highest BCUT2D eigenvalue weighted by atomic mass is 16.5. The molecule has 112 valence electrons. The van der Waals surface area contributed by atoms with Gasteiger partial charge in [0.25, 0.3) is 0 Å². The molecule has 2 aliphatic rings. The van der Waals surface area contributed by atoms with Gasteiger partial charge in [0.05, 0.1) is 24.6 Å². The van der Waals surface area contributed by atoms with Crippen LogP contribution in [0, 0.1) is 0 Å². The second-order valence-corrected chi connectivity index (χ2v) is 5.01. The van der Waals surface area contributed by atoms with Gasteiger partial charge in [-0.3, -0.25) is 4.79 Å². The first kappa shape index (κ1) is 13.7. The molecule has 2 aliphatic heterocycles. The van der Waals surface area contributed by atoms with Gasteiger partial charge < -0.3 is 25.6 Å². The summed E-state index contributed by atoms with van der Waals surface area (Å²) in [6, 6.07) is 6.83. The number of morpholine rings is 1. The highest BCUT2D eigenvalue weighted by Gasteiger charge is 2.27. The summed E-state index contributed by atoms with van der Waals surface area (Å²) in [5.74, 6) is -0.214. The van der Waals surface area contributed by atoms with Crippen molar-refractivity contribution in [1.82, 2.24) is 10.6 Å². The Morgan fingerprint density at radius 2 is 2.05 bits per heavy atom. The summed E-state index contributed by atoms with van der Waals surface area (Å²) < 4.78 is 5.35. The SMILES string of the molecule is O=C1NC[C@@H](C(=O)Nc2ccccc2N2CCOCC2)N1. The Hall–Kier alpha value is -2.28. The number of urea groups is 1. The first-order chi connectivity index (χ1) is 10.2. The molecule has 1 aromatic rings. The Bertz CT molecular complexity index is 543. The molecule has 3 N–H and O–H groups in total. The van der Waals surface area contributed by atoms with Crippen molar-refractivity contribution in [3.8, 4) is 0 Å². The molecule has 2 heterocycles. The fraction of sp³-hybridized carbons (Fsp3) is 0.429. The van der Waals surface area contributed by atoms with E-state index in [4.69, 9.17) is 4.74 Å². The van der Waals surface area contributed by atoms with Crippen LogP contribution in [0.5, 0.6) is 0 Å². The van der Waals surface area contributed by atoms with Crippen molar-refractivity contribution in [3.63, 3.8) is 0 Å². The number of benzene rings is 1. The van der Waals surface area contributed by atoms with Crippen LogP contribution in [0.2, 0.25) is 0 Å². The van der Waals surface area contributed by atoms with Crippen molar-refractivity contribution in [2.24, 2.45) is 0 Å². The monoisotopic (exact) mass is 290 g/mol. The molecule has 0 aromatic heterocycles. The summed E-state index contributed by atoms with van der Waals surface area (Å²) >= 11 is 0. The van der Waals surface area contributed by atoms with E-state index in [-0.39, 0.29) is 11.9 Å². The number of hydrogen-bond donors (Lipinski definition) is 3. The van der Waals surface area contributed by atoms with E-state index in [0.29, 0.717) is 19.8 Å². The van der Waals surface area contributed by atoms with Crippen LogP contribution < -0.4 is 20.9 Å². The lowest BCUT2D eigenvalue weighted by Gasteiger charge is -2.30. The fourth-order valence-corrected chi connectivity index (χ4v) is 2.49. The van der Waals surface area contributed by atoms with Crippen LogP contribution in [0.1, 0.15) is 0 Å². The number of hydrogen-bond acceptors (Lipinski definition) is 4. The van der Waals surface area contributed by atoms with E-state index < -0.39 is 6.04 Å². The smallest absolute Gasteiger partial charge is 0.315 e. The van der Waals surface area contributed by atoms with Crippen LogP contribution in [0.25, 0.3) is 0 Å². The molecular formula is C14H18N4O3. The second kappa shape index (κ2) is 6.01. The van der Waals surface area contributed by atoms with Crippen molar-refractivity contribution in [2.75, 3.05) is 43.1 Å². The van der Waals surface area contributed by atoms with Crippen molar-refractivity contribution < 1.29 is 14.3 Å². The third-order valence-electron chi connectivity index (χ3n) is 3.60. The maximum Gasteiger partial charge on any atom is 0.315 e. The average Bonchev–Trinajstić information content (AvgIpc) is 2.95. The first-order valence-electron chi connectivity index (χ1n) is 7.01. The van der Waals surface area contributed by atoms with Crippen molar-refractivity contribution in [2.45, 2.75) is 6.04 Å². The van der Waals surface area contributed by atoms with Gasteiger partial charge in [0.1, 0.15) is 6.04 Å². The van der Waals surface area contributed by atoms with Gasteiger partial charge in [-0.2, -0.15) is 0 Å². The van der Waals surface area contributed by atoms with Gasteiger partial charge in [0.2, 0.25) is 5.91 Å². The van der Waals surface area contributed by atoms with Crippen LogP contribution in [0.4, 0.5) is 16.2 Å². The zero-order valence-electron chi connectivity index (χ0n) is 11.6. The number of ether oxygens (including phenoxy) is 1. The van der Waals surface area contributed by atoms with Crippen LogP contribution in [0.15, 0.2) is 24.3 Å². The van der Waals surface area contributed by atoms with E-state index in [2.05, 4.69) is 20.9 Å². The molecule has 7 nitrogen and oxygen atoms in total.